The van der Waals surface area contributed by atoms with Gasteiger partial charge < -0.3 is 9.47 Å². The van der Waals surface area contributed by atoms with Crippen LogP contribution in [0.1, 0.15) is 35.0 Å². The van der Waals surface area contributed by atoms with Crippen LogP contribution in [0.15, 0.2) is 67.4 Å². The Kier molecular flexibility index (Phi) is 6.41. The number of amides is 2. The number of likely N-dealkylation sites (tertiary alicyclic amines) is 1. The Morgan fingerprint density at radius 2 is 2.00 bits per heavy atom. The van der Waals surface area contributed by atoms with E-state index in [1.165, 1.54) is 29.7 Å². The van der Waals surface area contributed by atoms with Crippen molar-refractivity contribution >= 4 is 40.1 Å². The fourth-order valence-electron chi connectivity index (χ4n) is 4.52. The van der Waals surface area contributed by atoms with Gasteiger partial charge in [-0.25, -0.2) is 9.97 Å². The Morgan fingerprint density at radius 1 is 1.14 bits per heavy atom. The second-order valence-electron chi connectivity index (χ2n) is 8.39. The van der Waals surface area contributed by atoms with Crippen LogP contribution in [0.2, 0.25) is 0 Å². The van der Waals surface area contributed by atoms with Gasteiger partial charge in [0.1, 0.15) is 0 Å². The highest BCUT2D eigenvalue weighted by atomic mass is 32.1. The number of aromatic nitrogens is 3. The molecule has 1 aliphatic heterocycles. The van der Waals surface area contributed by atoms with Crippen molar-refractivity contribution in [1.29, 1.82) is 0 Å². The molecule has 7 nitrogen and oxygen atoms in total. The minimum atomic E-state index is -0.563. The molecule has 5 rings (SSSR count). The summed E-state index contributed by atoms with van der Waals surface area (Å²) in [5, 5.41) is 3.00. The average molecular weight is 490 g/mol. The van der Waals surface area contributed by atoms with Crippen molar-refractivity contribution in [3.05, 3.63) is 78.2 Å². The third-order valence-corrected chi connectivity index (χ3v) is 7.34. The summed E-state index contributed by atoms with van der Waals surface area (Å²) in [4.78, 5) is 36.7. The van der Waals surface area contributed by atoms with E-state index in [4.69, 9.17) is 4.98 Å². The minimum absolute atomic E-state index is 0.0581. The molecule has 1 fully saturated rings. The second kappa shape index (κ2) is 9.79. The smallest absolute Gasteiger partial charge is 0.268 e. The summed E-state index contributed by atoms with van der Waals surface area (Å²) < 4.78 is 15.6. The van der Waals surface area contributed by atoms with Gasteiger partial charge in [0.15, 0.2) is 0 Å². The van der Waals surface area contributed by atoms with Gasteiger partial charge in [-0.05, 0) is 61.2 Å². The van der Waals surface area contributed by atoms with E-state index in [0.717, 1.165) is 35.2 Å². The van der Waals surface area contributed by atoms with Crippen molar-refractivity contribution in [3.8, 4) is 10.4 Å². The van der Waals surface area contributed by atoms with Crippen molar-refractivity contribution in [2.24, 2.45) is 0 Å². The minimum Gasteiger partial charge on any atom is -0.339 e. The molecular formula is C26H24FN5O2S. The van der Waals surface area contributed by atoms with E-state index < -0.39 is 5.95 Å². The van der Waals surface area contributed by atoms with Gasteiger partial charge in [-0.3, -0.25) is 14.9 Å². The molecule has 0 bridgehead atoms. The first-order valence-electron chi connectivity index (χ1n) is 11.4. The zero-order chi connectivity index (χ0) is 24.4. The van der Waals surface area contributed by atoms with E-state index >= 15 is 0 Å². The van der Waals surface area contributed by atoms with E-state index in [1.807, 2.05) is 29.2 Å². The summed E-state index contributed by atoms with van der Waals surface area (Å²) >= 11 is 1.28. The van der Waals surface area contributed by atoms with Gasteiger partial charge in [-0.1, -0.05) is 18.7 Å². The van der Waals surface area contributed by atoms with Gasteiger partial charge in [-0.2, -0.15) is 4.39 Å². The van der Waals surface area contributed by atoms with Gasteiger partial charge in [0, 0.05) is 36.3 Å². The fourth-order valence-corrected chi connectivity index (χ4v) is 5.42. The van der Waals surface area contributed by atoms with Crippen LogP contribution in [0.4, 0.5) is 10.3 Å². The molecule has 0 radical (unpaired) electrons. The number of pyridine rings is 1. The molecule has 35 heavy (non-hydrogen) atoms. The van der Waals surface area contributed by atoms with Crippen LogP contribution in [-0.4, -0.2) is 44.3 Å². The van der Waals surface area contributed by atoms with Crippen molar-refractivity contribution in [1.82, 2.24) is 19.4 Å². The number of nitrogens with zero attached hydrogens (tertiary/aromatic N) is 4. The Labute approximate surface area is 205 Å². The van der Waals surface area contributed by atoms with Crippen LogP contribution in [0.5, 0.6) is 0 Å². The normalized spacial score (nSPS) is 16.1. The molecular weight excluding hydrogens is 465 g/mol. The Bertz CT molecular complexity index is 1410. The lowest BCUT2D eigenvalue weighted by Crippen LogP contribution is -2.30. The second-order valence-corrected chi connectivity index (χ2v) is 9.48. The third-order valence-electron chi connectivity index (χ3n) is 6.21. The quantitative estimate of drug-likeness (QED) is 0.305. The van der Waals surface area contributed by atoms with Crippen molar-refractivity contribution < 1.29 is 14.0 Å². The highest BCUT2D eigenvalue weighted by Crippen LogP contribution is 2.33. The van der Waals surface area contributed by atoms with Crippen LogP contribution in [0.25, 0.3) is 21.5 Å². The molecule has 1 atom stereocenters. The maximum atomic E-state index is 13.5. The lowest BCUT2D eigenvalue weighted by Gasteiger charge is -2.21. The Balaban J connectivity index is 1.42. The third kappa shape index (κ3) is 4.72. The van der Waals surface area contributed by atoms with Crippen LogP contribution < -0.4 is 5.32 Å². The number of hydrogen-bond acceptors (Lipinski definition) is 5. The number of hydrogen-bond donors (Lipinski definition) is 1. The predicted octanol–water partition coefficient (Wildman–Crippen LogP) is 5.29. The number of carbonyl (C=O) groups is 2. The van der Waals surface area contributed by atoms with E-state index in [-0.39, 0.29) is 17.9 Å². The van der Waals surface area contributed by atoms with Crippen molar-refractivity contribution in [3.63, 3.8) is 0 Å². The predicted molar refractivity (Wildman–Crippen MR) is 135 cm³/mol. The Hall–Kier alpha value is -3.85. The Morgan fingerprint density at radius 3 is 2.83 bits per heavy atom. The van der Waals surface area contributed by atoms with Crippen LogP contribution >= 0.6 is 11.3 Å². The summed E-state index contributed by atoms with van der Waals surface area (Å²) in [6.45, 7) is 4.90. The van der Waals surface area contributed by atoms with Gasteiger partial charge in [0.25, 0.3) is 5.91 Å². The van der Waals surface area contributed by atoms with E-state index in [2.05, 4.69) is 21.4 Å². The highest BCUT2D eigenvalue weighted by Gasteiger charge is 2.25. The van der Waals surface area contributed by atoms with Gasteiger partial charge in [-0.15, -0.1) is 11.3 Å². The van der Waals surface area contributed by atoms with E-state index in [1.54, 1.807) is 18.2 Å². The first-order chi connectivity index (χ1) is 17.0. The maximum absolute atomic E-state index is 13.5. The summed E-state index contributed by atoms with van der Waals surface area (Å²) in [6, 6.07) is 14.5. The van der Waals surface area contributed by atoms with E-state index in [0.29, 0.717) is 29.5 Å². The molecule has 0 saturated carbocycles. The highest BCUT2D eigenvalue weighted by molar-refractivity contribution is 7.17. The molecule has 0 unspecified atom stereocenters. The summed E-state index contributed by atoms with van der Waals surface area (Å²) in [7, 11) is 0. The molecule has 4 heterocycles. The van der Waals surface area contributed by atoms with Gasteiger partial charge in [0.2, 0.25) is 17.8 Å². The number of carbonyl (C=O) groups excluding carboxylic acids is 2. The monoisotopic (exact) mass is 489 g/mol. The molecule has 9 heteroatoms. The maximum Gasteiger partial charge on any atom is 0.268 e. The number of halogens is 1. The molecule has 1 N–H and O–H groups in total. The summed E-state index contributed by atoms with van der Waals surface area (Å²) in [5.41, 5.74) is 2.41. The lowest BCUT2D eigenvalue weighted by molar-refractivity contribution is -0.125. The number of rotatable bonds is 5. The number of anilines is 1. The average Bonchev–Trinajstić information content (AvgIpc) is 3.42. The standard InChI is InChI=1S/C26H24FN5O2S/c1-2-24(33)31-14-5-6-18(12-15-31)32-20-8-4-3-7-19(20)29-26(32)30-25(34)22-10-9-21(35-22)17-11-13-28-23(27)16-17/h2-4,7-11,13,16,18H,1,5-6,12,14-15H2,(H,29,30,34)/t18-/m1/s1. The first-order valence-corrected chi connectivity index (χ1v) is 12.3. The van der Waals surface area contributed by atoms with Crippen molar-refractivity contribution in [2.75, 3.05) is 18.4 Å². The largest absolute Gasteiger partial charge is 0.339 e. The van der Waals surface area contributed by atoms with Crippen LogP contribution in [-0.2, 0) is 4.79 Å². The number of imidazole rings is 1. The van der Waals surface area contributed by atoms with Gasteiger partial charge >= 0.3 is 0 Å². The molecule has 0 aliphatic carbocycles. The molecule has 2 amide bonds. The number of para-hydroxylation sites is 2. The zero-order valence-electron chi connectivity index (χ0n) is 19.0. The first kappa shape index (κ1) is 22.9. The molecule has 4 aromatic rings. The number of nitrogens with one attached hydrogen (secondary N) is 1. The molecule has 1 aromatic carbocycles. The number of thiophene rings is 1. The SMILES string of the molecule is C=CC(=O)N1CCC[C@@H](n2c(NC(=O)c3ccc(-c4ccnc(F)c4)s3)nc3ccccc32)CC1. The van der Waals surface area contributed by atoms with Crippen molar-refractivity contribution in [2.45, 2.75) is 25.3 Å². The fraction of sp³-hybridized carbons (Fsp3) is 0.231. The summed E-state index contributed by atoms with van der Waals surface area (Å²) in [5.74, 6) is -0.413. The molecule has 0 spiro atoms. The topological polar surface area (TPSA) is 80.1 Å². The molecule has 3 aromatic heterocycles. The van der Waals surface area contributed by atoms with Gasteiger partial charge in [0.05, 0.1) is 15.9 Å². The molecule has 1 aliphatic rings. The number of benzene rings is 1. The molecule has 1 saturated heterocycles. The molecule has 178 valence electrons. The zero-order valence-corrected chi connectivity index (χ0v) is 19.8. The lowest BCUT2D eigenvalue weighted by atomic mass is 10.1. The summed E-state index contributed by atoms with van der Waals surface area (Å²) in [6.07, 6.45) is 5.22. The van der Waals surface area contributed by atoms with E-state index in [9.17, 15) is 14.0 Å². The van der Waals surface area contributed by atoms with Crippen LogP contribution in [0.3, 0.4) is 0 Å². The van der Waals surface area contributed by atoms with Crippen LogP contribution in [0, 0.1) is 5.95 Å². The number of fused-ring (bicyclic) bond motifs is 1.